The first-order valence-corrected chi connectivity index (χ1v) is 8.01. The Balaban J connectivity index is 3.10. The maximum Gasteiger partial charge on any atom is 0.0304 e. The van der Waals surface area contributed by atoms with E-state index < -0.39 is 0 Å². The van der Waals surface area contributed by atoms with Gasteiger partial charge in [0, 0.05) is 5.54 Å². The highest BCUT2D eigenvalue weighted by molar-refractivity contribution is 4.94. The molecule has 0 atom stereocenters. The van der Waals surface area contributed by atoms with Crippen LogP contribution in [0, 0.1) is 0 Å². The Hall–Kier alpha value is -0.300. The summed E-state index contributed by atoms with van der Waals surface area (Å²) in [6, 6.07) is 0. The van der Waals surface area contributed by atoms with Crippen molar-refractivity contribution in [3.8, 4) is 0 Å². The van der Waals surface area contributed by atoms with Crippen molar-refractivity contribution in [2.24, 2.45) is 0 Å². The summed E-state index contributed by atoms with van der Waals surface area (Å²) in [5, 5.41) is 3.52. The fourth-order valence-corrected chi connectivity index (χ4v) is 2.10. The third-order valence-corrected chi connectivity index (χ3v) is 3.62. The first-order valence-electron chi connectivity index (χ1n) is 8.01. The van der Waals surface area contributed by atoms with Crippen molar-refractivity contribution < 1.29 is 0 Å². The van der Waals surface area contributed by atoms with Gasteiger partial charge in [-0.05, 0) is 26.8 Å². The van der Waals surface area contributed by atoms with Crippen molar-refractivity contribution in [3.63, 3.8) is 0 Å². The Kier molecular flexibility index (Phi) is 11.6. The second-order valence-corrected chi connectivity index (χ2v) is 6.03. The second kappa shape index (κ2) is 11.8. The highest BCUT2D eigenvalue weighted by atomic mass is 14.9. The minimum Gasteiger partial charge on any atom is -0.308 e. The molecule has 0 aromatic carbocycles. The molecule has 0 spiro atoms. The number of rotatable bonds is 13. The summed E-state index contributed by atoms with van der Waals surface area (Å²) in [5.41, 5.74) is 0.0965. The lowest BCUT2D eigenvalue weighted by atomic mass is 10.0. The van der Waals surface area contributed by atoms with Gasteiger partial charge in [-0.3, -0.25) is 0 Å². The maximum atomic E-state index is 3.84. The smallest absolute Gasteiger partial charge is 0.0304 e. The number of nitrogens with one attached hydrogen (secondary N) is 1. The van der Waals surface area contributed by atoms with Crippen molar-refractivity contribution in [1.29, 1.82) is 0 Å². The van der Waals surface area contributed by atoms with Crippen molar-refractivity contribution in [2.75, 3.05) is 6.54 Å². The SMILES string of the molecule is C=CC(C)(C)NCCCCCCCCCCCC. The van der Waals surface area contributed by atoms with E-state index in [1.54, 1.807) is 0 Å². The van der Waals surface area contributed by atoms with Crippen LogP contribution in [0.2, 0.25) is 0 Å². The van der Waals surface area contributed by atoms with E-state index in [4.69, 9.17) is 0 Å². The zero-order chi connectivity index (χ0) is 13.7. The summed E-state index contributed by atoms with van der Waals surface area (Å²) in [7, 11) is 0. The molecule has 108 valence electrons. The van der Waals surface area contributed by atoms with Crippen molar-refractivity contribution in [2.45, 2.75) is 90.5 Å². The van der Waals surface area contributed by atoms with E-state index in [1.807, 2.05) is 6.08 Å². The third kappa shape index (κ3) is 12.2. The van der Waals surface area contributed by atoms with Crippen molar-refractivity contribution >= 4 is 0 Å². The molecule has 0 radical (unpaired) electrons. The Morgan fingerprint density at radius 1 is 0.833 bits per heavy atom. The molecular formula is C17H35N. The van der Waals surface area contributed by atoms with Crippen LogP contribution in [0.5, 0.6) is 0 Å². The van der Waals surface area contributed by atoms with Gasteiger partial charge in [-0.15, -0.1) is 6.58 Å². The molecule has 0 saturated carbocycles. The minimum absolute atomic E-state index is 0.0965. The van der Waals surface area contributed by atoms with Gasteiger partial charge in [0.05, 0.1) is 0 Å². The Bertz CT molecular complexity index is 184. The third-order valence-electron chi connectivity index (χ3n) is 3.62. The van der Waals surface area contributed by atoms with Gasteiger partial charge < -0.3 is 5.32 Å². The number of unbranched alkanes of at least 4 members (excludes halogenated alkanes) is 9. The lowest BCUT2D eigenvalue weighted by molar-refractivity contribution is 0.457. The molecule has 0 aromatic heterocycles. The van der Waals surface area contributed by atoms with Crippen molar-refractivity contribution in [3.05, 3.63) is 12.7 Å². The molecule has 0 heterocycles. The van der Waals surface area contributed by atoms with Crippen LogP contribution in [0.1, 0.15) is 85.0 Å². The van der Waals surface area contributed by atoms with E-state index in [9.17, 15) is 0 Å². The maximum absolute atomic E-state index is 3.84. The van der Waals surface area contributed by atoms with Crippen LogP contribution < -0.4 is 5.32 Å². The monoisotopic (exact) mass is 253 g/mol. The molecule has 0 bridgehead atoms. The standard InChI is InChI=1S/C17H35N/c1-5-7-8-9-10-11-12-13-14-15-16-18-17(3,4)6-2/h6,18H,2,5,7-16H2,1,3-4H3. The van der Waals surface area contributed by atoms with E-state index in [2.05, 4.69) is 32.7 Å². The molecule has 0 saturated heterocycles. The van der Waals surface area contributed by atoms with E-state index >= 15 is 0 Å². The average molecular weight is 253 g/mol. The molecule has 1 heteroatoms. The molecule has 1 nitrogen and oxygen atoms in total. The summed E-state index contributed by atoms with van der Waals surface area (Å²) < 4.78 is 0. The molecular weight excluding hydrogens is 218 g/mol. The summed E-state index contributed by atoms with van der Waals surface area (Å²) in [6.07, 6.45) is 16.0. The van der Waals surface area contributed by atoms with Gasteiger partial charge in [0.25, 0.3) is 0 Å². The zero-order valence-corrected chi connectivity index (χ0v) is 13.1. The van der Waals surface area contributed by atoms with Crippen LogP contribution >= 0.6 is 0 Å². The summed E-state index contributed by atoms with van der Waals surface area (Å²) in [5.74, 6) is 0. The predicted molar refractivity (Wildman–Crippen MR) is 84.1 cm³/mol. The largest absolute Gasteiger partial charge is 0.308 e. The lowest BCUT2D eigenvalue weighted by Crippen LogP contribution is -2.37. The Morgan fingerprint density at radius 2 is 1.28 bits per heavy atom. The molecule has 0 aliphatic carbocycles. The van der Waals surface area contributed by atoms with Gasteiger partial charge in [-0.2, -0.15) is 0 Å². The topological polar surface area (TPSA) is 12.0 Å². The predicted octanol–water partition coefficient (Wildman–Crippen LogP) is 5.46. The Morgan fingerprint density at radius 3 is 1.72 bits per heavy atom. The van der Waals surface area contributed by atoms with Crippen LogP contribution in [-0.2, 0) is 0 Å². The molecule has 0 fully saturated rings. The highest BCUT2D eigenvalue weighted by Crippen LogP contribution is 2.10. The van der Waals surface area contributed by atoms with Gasteiger partial charge in [-0.1, -0.05) is 70.8 Å². The summed E-state index contributed by atoms with van der Waals surface area (Å²) in [6.45, 7) is 11.6. The highest BCUT2D eigenvalue weighted by Gasteiger charge is 2.09. The van der Waals surface area contributed by atoms with Gasteiger partial charge in [0.1, 0.15) is 0 Å². The van der Waals surface area contributed by atoms with Crippen LogP contribution in [-0.4, -0.2) is 12.1 Å². The second-order valence-electron chi connectivity index (χ2n) is 6.03. The normalized spacial score (nSPS) is 11.7. The van der Waals surface area contributed by atoms with Crippen LogP contribution in [0.4, 0.5) is 0 Å². The van der Waals surface area contributed by atoms with E-state index in [0.717, 1.165) is 6.54 Å². The molecule has 0 aliphatic rings. The first kappa shape index (κ1) is 17.7. The van der Waals surface area contributed by atoms with E-state index in [1.165, 1.54) is 64.2 Å². The molecule has 0 aliphatic heterocycles. The number of hydrogen-bond donors (Lipinski definition) is 1. The molecule has 0 amide bonds. The fraction of sp³-hybridized carbons (Fsp3) is 0.882. The fourth-order valence-electron chi connectivity index (χ4n) is 2.10. The average Bonchev–Trinajstić information content (AvgIpc) is 2.36. The molecule has 0 rings (SSSR count). The molecule has 0 aromatic rings. The quantitative estimate of drug-likeness (QED) is 0.339. The lowest BCUT2D eigenvalue weighted by Gasteiger charge is -2.21. The molecule has 0 unspecified atom stereocenters. The van der Waals surface area contributed by atoms with Crippen LogP contribution in [0.3, 0.4) is 0 Å². The molecule has 1 N–H and O–H groups in total. The first-order chi connectivity index (χ1) is 8.62. The number of hydrogen-bond acceptors (Lipinski definition) is 1. The van der Waals surface area contributed by atoms with E-state index in [0.29, 0.717) is 0 Å². The summed E-state index contributed by atoms with van der Waals surface area (Å²) >= 11 is 0. The van der Waals surface area contributed by atoms with Crippen LogP contribution in [0.25, 0.3) is 0 Å². The Labute approximate surface area is 115 Å². The van der Waals surface area contributed by atoms with Gasteiger partial charge in [0.2, 0.25) is 0 Å². The minimum atomic E-state index is 0.0965. The van der Waals surface area contributed by atoms with E-state index in [-0.39, 0.29) is 5.54 Å². The van der Waals surface area contributed by atoms with Gasteiger partial charge in [-0.25, -0.2) is 0 Å². The van der Waals surface area contributed by atoms with Crippen molar-refractivity contribution in [1.82, 2.24) is 5.32 Å². The van der Waals surface area contributed by atoms with Gasteiger partial charge >= 0.3 is 0 Å². The van der Waals surface area contributed by atoms with Gasteiger partial charge in [0.15, 0.2) is 0 Å². The molecule has 18 heavy (non-hydrogen) atoms. The zero-order valence-electron chi connectivity index (χ0n) is 13.1. The van der Waals surface area contributed by atoms with Crippen LogP contribution in [0.15, 0.2) is 12.7 Å². The summed E-state index contributed by atoms with van der Waals surface area (Å²) in [4.78, 5) is 0.